The number of nitrogens with zero attached hydrogens (tertiary/aromatic N) is 4. The minimum Gasteiger partial charge on any atom is -0.303 e. The van der Waals surface area contributed by atoms with Crippen LogP contribution in [0.15, 0.2) is 73.3 Å². The van der Waals surface area contributed by atoms with Crippen molar-refractivity contribution >= 4 is 0 Å². The Labute approximate surface area is 161 Å². The Morgan fingerprint density at radius 3 is 1.96 bits per heavy atom. The van der Waals surface area contributed by atoms with Crippen LogP contribution in [0.5, 0.6) is 0 Å². The molecule has 0 aliphatic carbocycles. The van der Waals surface area contributed by atoms with Crippen molar-refractivity contribution in [3.05, 3.63) is 84.4 Å². The number of hydrogen-bond acceptors (Lipinski definition) is 3. The minimum absolute atomic E-state index is 0.505. The van der Waals surface area contributed by atoms with E-state index in [1.54, 1.807) is 6.33 Å². The van der Waals surface area contributed by atoms with E-state index in [1.807, 2.05) is 11.0 Å². The first-order valence-electron chi connectivity index (χ1n) is 10.0. The van der Waals surface area contributed by atoms with Crippen LogP contribution in [0.4, 0.5) is 0 Å². The third-order valence-corrected chi connectivity index (χ3v) is 5.62. The summed E-state index contributed by atoms with van der Waals surface area (Å²) < 4.78 is 2.03. The van der Waals surface area contributed by atoms with Gasteiger partial charge in [0.15, 0.2) is 0 Å². The Bertz CT molecular complexity index is 736. The molecular weight excluding hydrogens is 332 g/mol. The summed E-state index contributed by atoms with van der Waals surface area (Å²) in [6, 6.07) is 22.3. The Morgan fingerprint density at radius 2 is 1.44 bits per heavy atom. The summed E-state index contributed by atoms with van der Waals surface area (Å²) in [4.78, 5) is 6.74. The molecule has 0 atom stereocenters. The number of aromatic nitrogens is 3. The first-order valence-corrected chi connectivity index (χ1v) is 10.0. The van der Waals surface area contributed by atoms with Gasteiger partial charge in [-0.15, -0.1) is 0 Å². The van der Waals surface area contributed by atoms with E-state index < -0.39 is 0 Å². The van der Waals surface area contributed by atoms with Gasteiger partial charge in [0.25, 0.3) is 0 Å². The Hall–Kier alpha value is -2.46. The van der Waals surface area contributed by atoms with Gasteiger partial charge in [-0.2, -0.15) is 5.10 Å². The largest absolute Gasteiger partial charge is 0.303 e. The molecule has 1 aliphatic heterocycles. The maximum atomic E-state index is 4.32. The number of rotatable bonds is 7. The van der Waals surface area contributed by atoms with Crippen LogP contribution in [0, 0.1) is 5.92 Å². The number of likely N-dealkylation sites (tertiary alicyclic amines) is 1. The highest BCUT2D eigenvalue weighted by Gasteiger charge is 2.23. The molecule has 140 valence electrons. The zero-order valence-corrected chi connectivity index (χ0v) is 15.8. The second-order valence-electron chi connectivity index (χ2n) is 7.65. The quantitative estimate of drug-likeness (QED) is 0.638. The smallest absolute Gasteiger partial charge is 0.137 e. The monoisotopic (exact) mass is 360 g/mol. The maximum absolute atomic E-state index is 4.32. The molecule has 2 heterocycles. The van der Waals surface area contributed by atoms with Gasteiger partial charge in [-0.25, -0.2) is 9.67 Å². The van der Waals surface area contributed by atoms with Crippen molar-refractivity contribution in [3.8, 4) is 0 Å². The molecule has 2 aromatic carbocycles. The summed E-state index contributed by atoms with van der Waals surface area (Å²) in [5.74, 6) is 0.637. The summed E-state index contributed by atoms with van der Waals surface area (Å²) in [6.45, 7) is 3.45. The molecule has 0 radical (unpaired) electrons. The standard InChI is InChI=1S/C23H28N4/c1-3-7-20(8-4-1)15-22(16-21-9-5-2-6-10-21)17-26-13-11-23(12-14-26)27-19-24-18-25-27/h1-10,18-19,22-23H,11-17H2. The maximum Gasteiger partial charge on any atom is 0.137 e. The van der Waals surface area contributed by atoms with Gasteiger partial charge in [-0.05, 0) is 42.7 Å². The van der Waals surface area contributed by atoms with Crippen molar-refractivity contribution in [2.75, 3.05) is 19.6 Å². The molecule has 4 rings (SSSR count). The van der Waals surface area contributed by atoms with Crippen LogP contribution in [-0.4, -0.2) is 39.3 Å². The lowest BCUT2D eigenvalue weighted by molar-refractivity contribution is 0.156. The zero-order chi connectivity index (χ0) is 18.3. The minimum atomic E-state index is 0.505. The highest BCUT2D eigenvalue weighted by atomic mass is 15.3. The van der Waals surface area contributed by atoms with Gasteiger partial charge in [-0.3, -0.25) is 0 Å². The van der Waals surface area contributed by atoms with Crippen LogP contribution in [-0.2, 0) is 12.8 Å². The molecule has 0 spiro atoms. The predicted octanol–water partition coefficient (Wildman–Crippen LogP) is 4.02. The Morgan fingerprint density at radius 1 is 0.852 bits per heavy atom. The normalized spacial score (nSPS) is 16.0. The molecule has 0 saturated carbocycles. The summed E-state index contributed by atoms with van der Waals surface area (Å²) >= 11 is 0. The van der Waals surface area contributed by atoms with Gasteiger partial charge in [0, 0.05) is 19.6 Å². The highest BCUT2D eigenvalue weighted by Crippen LogP contribution is 2.23. The first-order chi connectivity index (χ1) is 13.4. The molecule has 1 saturated heterocycles. The van der Waals surface area contributed by atoms with E-state index in [0.29, 0.717) is 12.0 Å². The SMILES string of the molecule is c1ccc(CC(Cc2ccccc2)CN2CCC(n3cncn3)CC2)cc1. The van der Waals surface area contributed by atoms with Gasteiger partial charge >= 0.3 is 0 Å². The van der Waals surface area contributed by atoms with E-state index in [0.717, 1.165) is 45.3 Å². The molecule has 0 unspecified atom stereocenters. The topological polar surface area (TPSA) is 34.0 Å². The van der Waals surface area contributed by atoms with Gasteiger partial charge in [0.1, 0.15) is 12.7 Å². The average molecular weight is 361 g/mol. The van der Waals surface area contributed by atoms with Crippen LogP contribution in [0.3, 0.4) is 0 Å². The van der Waals surface area contributed by atoms with E-state index in [-0.39, 0.29) is 0 Å². The number of benzene rings is 2. The van der Waals surface area contributed by atoms with Crippen molar-refractivity contribution in [1.82, 2.24) is 19.7 Å². The summed E-state index contributed by atoms with van der Waals surface area (Å²) in [5, 5.41) is 4.32. The third-order valence-electron chi connectivity index (χ3n) is 5.62. The van der Waals surface area contributed by atoms with E-state index in [4.69, 9.17) is 0 Å². The summed E-state index contributed by atoms with van der Waals surface area (Å²) in [5.41, 5.74) is 2.88. The van der Waals surface area contributed by atoms with Gasteiger partial charge < -0.3 is 4.90 Å². The molecule has 27 heavy (non-hydrogen) atoms. The Kier molecular flexibility index (Phi) is 5.95. The van der Waals surface area contributed by atoms with Crippen LogP contribution in [0.2, 0.25) is 0 Å². The fourth-order valence-corrected chi connectivity index (χ4v) is 4.23. The molecule has 0 N–H and O–H groups in total. The molecule has 4 heteroatoms. The second-order valence-corrected chi connectivity index (χ2v) is 7.65. The van der Waals surface area contributed by atoms with Crippen molar-refractivity contribution in [3.63, 3.8) is 0 Å². The van der Waals surface area contributed by atoms with Crippen molar-refractivity contribution in [2.45, 2.75) is 31.7 Å². The van der Waals surface area contributed by atoms with Crippen LogP contribution in [0.1, 0.15) is 30.0 Å². The molecule has 0 amide bonds. The fraction of sp³-hybridized carbons (Fsp3) is 0.391. The Balaban J connectivity index is 1.38. The van der Waals surface area contributed by atoms with Crippen molar-refractivity contribution in [2.24, 2.45) is 5.92 Å². The molecule has 1 fully saturated rings. The fourth-order valence-electron chi connectivity index (χ4n) is 4.23. The van der Waals surface area contributed by atoms with E-state index in [9.17, 15) is 0 Å². The van der Waals surface area contributed by atoms with Gasteiger partial charge in [-0.1, -0.05) is 60.7 Å². The van der Waals surface area contributed by atoms with Crippen molar-refractivity contribution < 1.29 is 0 Å². The molecule has 3 aromatic rings. The van der Waals surface area contributed by atoms with Crippen LogP contribution in [0.25, 0.3) is 0 Å². The molecule has 1 aliphatic rings. The number of piperidine rings is 1. The molecule has 4 nitrogen and oxygen atoms in total. The molecular formula is C23H28N4. The van der Waals surface area contributed by atoms with E-state index >= 15 is 0 Å². The van der Waals surface area contributed by atoms with Gasteiger partial charge in [0.2, 0.25) is 0 Å². The van der Waals surface area contributed by atoms with E-state index in [2.05, 4.69) is 75.6 Å². The third kappa shape index (κ3) is 5.04. The second kappa shape index (κ2) is 8.96. The summed E-state index contributed by atoms with van der Waals surface area (Å²) in [6.07, 6.45) is 8.09. The zero-order valence-electron chi connectivity index (χ0n) is 15.8. The molecule has 0 bridgehead atoms. The lowest BCUT2D eigenvalue weighted by Crippen LogP contribution is -2.38. The van der Waals surface area contributed by atoms with Crippen LogP contribution < -0.4 is 0 Å². The highest BCUT2D eigenvalue weighted by molar-refractivity contribution is 5.18. The van der Waals surface area contributed by atoms with Gasteiger partial charge in [0.05, 0.1) is 6.04 Å². The first kappa shape index (κ1) is 17.9. The lowest BCUT2D eigenvalue weighted by Gasteiger charge is -2.34. The number of hydrogen-bond donors (Lipinski definition) is 0. The van der Waals surface area contributed by atoms with Crippen molar-refractivity contribution in [1.29, 1.82) is 0 Å². The molecule has 1 aromatic heterocycles. The predicted molar refractivity (Wildman–Crippen MR) is 109 cm³/mol. The average Bonchev–Trinajstić information content (AvgIpc) is 3.25. The van der Waals surface area contributed by atoms with E-state index in [1.165, 1.54) is 11.1 Å². The van der Waals surface area contributed by atoms with Crippen LogP contribution >= 0.6 is 0 Å². The lowest BCUT2D eigenvalue weighted by atomic mass is 9.91. The summed E-state index contributed by atoms with van der Waals surface area (Å²) in [7, 11) is 0.